The number of hydrogen-bond donors (Lipinski definition) is 1. The van der Waals surface area contributed by atoms with Crippen molar-refractivity contribution in [3.8, 4) is 5.75 Å². The van der Waals surface area contributed by atoms with E-state index in [9.17, 15) is 4.79 Å². The van der Waals surface area contributed by atoms with Gasteiger partial charge >= 0.3 is 0 Å². The number of rotatable bonds is 7. The molecule has 26 heavy (non-hydrogen) atoms. The summed E-state index contributed by atoms with van der Waals surface area (Å²) < 4.78 is 6.00. The molecule has 0 aromatic heterocycles. The van der Waals surface area contributed by atoms with Gasteiger partial charge in [0.25, 0.3) is 5.91 Å². The standard InChI is InChI=1S/C23H31NO2/c1-7-21(19-10-9-17(5)18(6)14-19)24-23(25)22(8-2)26-20-12-15(3)11-16(4)13-20/h9-14,21-22H,7-8H2,1-6H3,(H,24,25)/t21-,22+/m0/s1. The number of ether oxygens (including phenoxy) is 1. The molecule has 1 N–H and O–H groups in total. The summed E-state index contributed by atoms with van der Waals surface area (Å²) in [4.78, 5) is 12.8. The van der Waals surface area contributed by atoms with E-state index < -0.39 is 6.10 Å². The Morgan fingerprint density at radius 3 is 2.12 bits per heavy atom. The molecular formula is C23H31NO2. The van der Waals surface area contributed by atoms with Gasteiger partial charge in [0.2, 0.25) is 0 Å². The Balaban J connectivity index is 2.12. The molecule has 0 unspecified atom stereocenters. The second-order valence-corrected chi connectivity index (χ2v) is 7.15. The van der Waals surface area contributed by atoms with Gasteiger partial charge in [-0.25, -0.2) is 0 Å². The van der Waals surface area contributed by atoms with Crippen molar-refractivity contribution in [2.75, 3.05) is 0 Å². The highest BCUT2D eigenvalue weighted by atomic mass is 16.5. The smallest absolute Gasteiger partial charge is 0.261 e. The number of carbonyl (C=O) groups excluding carboxylic acids is 1. The zero-order valence-corrected chi connectivity index (χ0v) is 16.8. The van der Waals surface area contributed by atoms with Gasteiger partial charge in [-0.3, -0.25) is 4.79 Å². The lowest BCUT2D eigenvalue weighted by Crippen LogP contribution is -2.40. The van der Waals surface area contributed by atoms with E-state index in [1.165, 1.54) is 11.1 Å². The fourth-order valence-electron chi connectivity index (χ4n) is 3.15. The second kappa shape index (κ2) is 8.88. The minimum atomic E-state index is -0.489. The lowest BCUT2D eigenvalue weighted by atomic mass is 9.99. The number of amides is 1. The lowest BCUT2D eigenvalue weighted by molar-refractivity contribution is -0.128. The minimum absolute atomic E-state index is 0.00121. The van der Waals surface area contributed by atoms with Crippen LogP contribution in [-0.4, -0.2) is 12.0 Å². The van der Waals surface area contributed by atoms with Gasteiger partial charge in [-0.05, 0) is 80.5 Å². The third-order valence-electron chi connectivity index (χ3n) is 4.79. The Morgan fingerprint density at radius 1 is 0.923 bits per heavy atom. The summed E-state index contributed by atoms with van der Waals surface area (Å²) in [7, 11) is 0. The van der Waals surface area contributed by atoms with Crippen LogP contribution in [0.5, 0.6) is 5.75 Å². The average Bonchev–Trinajstić information content (AvgIpc) is 2.59. The van der Waals surface area contributed by atoms with Gasteiger partial charge in [0.1, 0.15) is 5.75 Å². The van der Waals surface area contributed by atoms with Gasteiger partial charge in [0, 0.05) is 0 Å². The van der Waals surface area contributed by atoms with Crippen LogP contribution in [0.15, 0.2) is 36.4 Å². The molecule has 3 heteroatoms. The van der Waals surface area contributed by atoms with Crippen molar-refractivity contribution < 1.29 is 9.53 Å². The minimum Gasteiger partial charge on any atom is -0.481 e. The normalized spacial score (nSPS) is 13.2. The summed E-state index contributed by atoms with van der Waals surface area (Å²) in [6.07, 6.45) is 0.980. The van der Waals surface area contributed by atoms with Crippen molar-refractivity contribution in [2.24, 2.45) is 0 Å². The zero-order chi connectivity index (χ0) is 19.3. The zero-order valence-electron chi connectivity index (χ0n) is 16.8. The maximum Gasteiger partial charge on any atom is 0.261 e. The van der Waals surface area contributed by atoms with E-state index in [2.05, 4.69) is 50.4 Å². The fourth-order valence-corrected chi connectivity index (χ4v) is 3.15. The van der Waals surface area contributed by atoms with Crippen molar-refractivity contribution in [1.82, 2.24) is 5.32 Å². The summed E-state index contributed by atoms with van der Waals surface area (Å²) in [5.74, 6) is 0.695. The van der Waals surface area contributed by atoms with Gasteiger partial charge in [-0.1, -0.05) is 38.1 Å². The highest BCUT2D eigenvalue weighted by molar-refractivity contribution is 5.81. The van der Waals surface area contributed by atoms with Gasteiger partial charge in [0.15, 0.2) is 6.10 Å². The lowest BCUT2D eigenvalue weighted by Gasteiger charge is -2.23. The Hall–Kier alpha value is -2.29. The molecule has 0 spiro atoms. The maximum absolute atomic E-state index is 12.8. The Kier molecular flexibility index (Phi) is 6.84. The van der Waals surface area contributed by atoms with Crippen LogP contribution in [0.3, 0.4) is 0 Å². The van der Waals surface area contributed by atoms with Gasteiger partial charge in [-0.15, -0.1) is 0 Å². The van der Waals surface area contributed by atoms with Crippen LogP contribution in [0.4, 0.5) is 0 Å². The van der Waals surface area contributed by atoms with Crippen LogP contribution in [-0.2, 0) is 4.79 Å². The largest absolute Gasteiger partial charge is 0.481 e. The molecule has 0 fully saturated rings. The molecule has 0 bridgehead atoms. The molecule has 0 aliphatic carbocycles. The topological polar surface area (TPSA) is 38.3 Å². The Bertz CT molecular complexity index is 747. The third-order valence-corrected chi connectivity index (χ3v) is 4.79. The van der Waals surface area contributed by atoms with Crippen LogP contribution in [0.25, 0.3) is 0 Å². The summed E-state index contributed by atoms with van der Waals surface area (Å²) in [5.41, 5.74) is 5.92. The van der Waals surface area contributed by atoms with E-state index in [4.69, 9.17) is 4.74 Å². The molecule has 0 saturated carbocycles. The summed E-state index contributed by atoms with van der Waals surface area (Å²) >= 11 is 0. The van der Waals surface area contributed by atoms with Gasteiger partial charge in [0.05, 0.1) is 6.04 Å². The molecule has 2 aromatic rings. The Labute approximate surface area is 157 Å². The van der Waals surface area contributed by atoms with Crippen molar-refractivity contribution in [3.05, 3.63) is 64.2 Å². The van der Waals surface area contributed by atoms with Crippen LogP contribution in [0.1, 0.15) is 60.5 Å². The number of aryl methyl sites for hydroxylation is 4. The predicted octanol–water partition coefficient (Wildman–Crippen LogP) is 5.35. The van der Waals surface area contributed by atoms with Crippen LogP contribution in [0.2, 0.25) is 0 Å². The molecule has 0 aliphatic rings. The summed E-state index contributed by atoms with van der Waals surface area (Å²) in [5, 5.41) is 3.17. The number of hydrogen-bond acceptors (Lipinski definition) is 2. The molecule has 0 saturated heterocycles. The molecule has 0 heterocycles. The predicted molar refractivity (Wildman–Crippen MR) is 108 cm³/mol. The third kappa shape index (κ3) is 5.10. The van der Waals surface area contributed by atoms with Gasteiger partial charge in [-0.2, -0.15) is 0 Å². The van der Waals surface area contributed by atoms with Crippen molar-refractivity contribution in [1.29, 1.82) is 0 Å². The van der Waals surface area contributed by atoms with Crippen LogP contribution < -0.4 is 10.1 Å². The van der Waals surface area contributed by atoms with Gasteiger partial charge < -0.3 is 10.1 Å². The summed E-state index contributed by atoms with van der Waals surface area (Å²) in [6, 6.07) is 12.4. The molecule has 1 amide bonds. The second-order valence-electron chi connectivity index (χ2n) is 7.15. The van der Waals surface area contributed by atoms with E-state index in [1.54, 1.807) is 0 Å². The first kappa shape index (κ1) is 20.0. The fraction of sp³-hybridized carbons (Fsp3) is 0.435. The Morgan fingerprint density at radius 2 is 1.58 bits per heavy atom. The first-order valence-electron chi connectivity index (χ1n) is 9.46. The van der Waals surface area contributed by atoms with Crippen molar-refractivity contribution >= 4 is 5.91 Å². The van der Waals surface area contributed by atoms with Crippen LogP contribution in [0, 0.1) is 27.7 Å². The molecule has 0 aliphatic heterocycles. The van der Waals surface area contributed by atoms with E-state index in [0.717, 1.165) is 28.9 Å². The maximum atomic E-state index is 12.8. The van der Waals surface area contributed by atoms with E-state index >= 15 is 0 Å². The monoisotopic (exact) mass is 353 g/mol. The summed E-state index contributed by atoms with van der Waals surface area (Å²) in [6.45, 7) is 12.3. The first-order chi connectivity index (χ1) is 12.3. The SMILES string of the molecule is CC[C@H](NC(=O)[C@@H](CC)Oc1cc(C)cc(C)c1)c1ccc(C)c(C)c1. The van der Waals surface area contributed by atoms with Crippen molar-refractivity contribution in [2.45, 2.75) is 66.5 Å². The first-order valence-corrected chi connectivity index (χ1v) is 9.46. The van der Waals surface area contributed by atoms with E-state index in [1.807, 2.05) is 32.9 Å². The molecule has 0 radical (unpaired) electrons. The highest BCUT2D eigenvalue weighted by Crippen LogP contribution is 2.22. The average molecular weight is 354 g/mol. The van der Waals surface area contributed by atoms with E-state index in [0.29, 0.717) is 6.42 Å². The molecule has 140 valence electrons. The molecular weight excluding hydrogens is 322 g/mol. The highest BCUT2D eigenvalue weighted by Gasteiger charge is 2.22. The molecule has 2 aromatic carbocycles. The molecule has 3 nitrogen and oxygen atoms in total. The van der Waals surface area contributed by atoms with E-state index in [-0.39, 0.29) is 11.9 Å². The van der Waals surface area contributed by atoms with Crippen molar-refractivity contribution in [3.63, 3.8) is 0 Å². The molecule has 2 atom stereocenters. The quantitative estimate of drug-likeness (QED) is 0.729. The number of carbonyl (C=O) groups is 1. The number of nitrogens with one attached hydrogen (secondary N) is 1. The molecule has 2 rings (SSSR count). The number of benzene rings is 2. The van der Waals surface area contributed by atoms with Crippen LogP contribution >= 0.6 is 0 Å².